The minimum Gasteiger partial charge on any atom is -0.489 e. The van der Waals surface area contributed by atoms with Crippen molar-refractivity contribution in [1.82, 2.24) is 14.9 Å². The normalized spacial score (nSPS) is 13.0. The number of hydrogen-bond donors (Lipinski definition) is 1. The monoisotopic (exact) mass is 809 g/mol. The molecule has 0 unspecified atom stereocenters. The van der Waals surface area contributed by atoms with E-state index in [1.807, 2.05) is 116 Å². The Morgan fingerprint density at radius 2 is 1.10 bits per heavy atom. The standard InChI is InChI=1S/C51H43N3O7/c1-33-18-20-34(21-19-33)28-58-37-24-22-35(23-25-37)29-59-49(55)48(53-50(56)60-30-46-42-14-6-2-10-38(42)39-11-3-7-15-43(39)46)26-36-27-54(32-52-36)51(57)61-31-47-44-16-8-4-12-40(44)41-13-5-9-17-45(41)47/h2-25,27,32,46-48H,26,28-31H2,1H3,(H,53,56)/t48-/m0/s1. The molecule has 0 radical (unpaired) electrons. The number of aromatic nitrogens is 2. The molecular weight excluding hydrogens is 767 g/mol. The first-order chi connectivity index (χ1) is 29.9. The van der Waals surface area contributed by atoms with Crippen LogP contribution in [0.15, 0.2) is 158 Å². The number of amides is 1. The highest BCUT2D eigenvalue weighted by molar-refractivity contribution is 5.83. The Labute approximate surface area is 353 Å². The van der Waals surface area contributed by atoms with Crippen molar-refractivity contribution in [2.45, 2.75) is 44.4 Å². The number of benzene rings is 6. The predicted molar refractivity (Wildman–Crippen MR) is 230 cm³/mol. The van der Waals surface area contributed by atoms with Gasteiger partial charge in [-0.15, -0.1) is 0 Å². The van der Waals surface area contributed by atoms with Gasteiger partial charge in [-0.2, -0.15) is 0 Å². The fraction of sp³-hybridized carbons (Fsp3) is 0.176. The zero-order valence-corrected chi connectivity index (χ0v) is 33.5. The highest BCUT2D eigenvalue weighted by Crippen LogP contribution is 2.45. The number of alkyl carbamates (subject to hydrolysis) is 1. The first kappa shape index (κ1) is 39.0. The van der Waals surface area contributed by atoms with Crippen LogP contribution in [0.4, 0.5) is 9.59 Å². The average Bonchev–Trinajstić information content (AvgIpc) is 3.99. The van der Waals surface area contributed by atoms with Crippen LogP contribution in [0.2, 0.25) is 0 Å². The molecule has 1 heterocycles. The fourth-order valence-electron chi connectivity index (χ4n) is 8.21. The molecule has 10 heteroatoms. The molecule has 0 aliphatic heterocycles. The molecule has 10 nitrogen and oxygen atoms in total. The largest absolute Gasteiger partial charge is 0.489 e. The summed E-state index contributed by atoms with van der Waals surface area (Å²) in [6.07, 6.45) is 1.36. The maximum atomic E-state index is 13.7. The van der Waals surface area contributed by atoms with Gasteiger partial charge in [0.1, 0.15) is 44.5 Å². The predicted octanol–water partition coefficient (Wildman–Crippen LogP) is 9.76. The van der Waals surface area contributed by atoms with Crippen molar-refractivity contribution >= 4 is 18.2 Å². The second-order valence-corrected chi connectivity index (χ2v) is 15.3. The van der Waals surface area contributed by atoms with E-state index in [0.717, 1.165) is 55.6 Å². The van der Waals surface area contributed by atoms with Crippen LogP contribution < -0.4 is 10.1 Å². The van der Waals surface area contributed by atoms with Crippen LogP contribution in [0.5, 0.6) is 5.75 Å². The van der Waals surface area contributed by atoms with E-state index in [-0.39, 0.29) is 38.1 Å². The number of nitrogens with one attached hydrogen (secondary N) is 1. The fourth-order valence-corrected chi connectivity index (χ4v) is 8.21. The van der Waals surface area contributed by atoms with Crippen LogP contribution in [0.3, 0.4) is 0 Å². The molecule has 1 amide bonds. The minimum absolute atomic E-state index is 0.0475. The second kappa shape index (κ2) is 17.4. The summed E-state index contributed by atoms with van der Waals surface area (Å²) in [6.45, 7) is 2.62. The number of esters is 1. The molecule has 304 valence electrons. The third-order valence-electron chi connectivity index (χ3n) is 11.3. The molecule has 1 N–H and O–H groups in total. The van der Waals surface area contributed by atoms with Gasteiger partial charge in [-0.3, -0.25) is 0 Å². The van der Waals surface area contributed by atoms with Crippen molar-refractivity contribution < 1.29 is 33.3 Å². The van der Waals surface area contributed by atoms with E-state index < -0.39 is 24.2 Å². The number of imidazole rings is 1. The van der Waals surface area contributed by atoms with Gasteiger partial charge in [-0.05, 0) is 74.7 Å². The maximum Gasteiger partial charge on any atom is 0.419 e. The zero-order valence-electron chi connectivity index (χ0n) is 33.5. The Morgan fingerprint density at radius 1 is 0.607 bits per heavy atom. The third-order valence-corrected chi connectivity index (χ3v) is 11.3. The number of hydrogen-bond acceptors (Lipinski definition) is 8. The van der Waals surface area contributed by atoms with Gasteiger partial charge in [-0.1, -0.05) is 139 Å². The molecule has 0 saturated heterocycles. The van der Waals surface area contributed by atoms with E-state index in [1.54, 1.807) is 0 Å². The first-order valence-corrected chi connectivity index (χ1v) is 20.3. The van der Waals surface area contributed by atoms with Crippen molar-refractivity contribution in [3.05, 3.63) is 203 Å². The molecule has 0 spiro atoms. The lowest BCUT2D eigenvalue weighted by Crippen LogP contribution is -2.44. The van der Waals surface area contributed by atoms with Crippen molar-refractivity contribution in [2.75, 3.05) is 13.2 Å². The summed E-state index contributed by atoms with van der Waals surface area (Å²) in [6, 6.07) is 46.6. The van der Waals surface area contributed by atoms with Crippen molar-refractivity contribution in [1.29, 1.82) is 0 Å². The first-order valence-electron chi connectivity index (χ1n) is 20.3. The number of nitrogens with zero attached hydrogens (tertiary/aromatic N) is 2. The molecule has 6 aromatic carbocycles. The number of aryl methyl sites for hydroxylation is 1. The molecule has 1 atom stereocenters. The van der Waals surface area contributed by atoms with Crippen molar-refractivity contribution in [3.8, 4) is 28.0 Å². The van der Waals surface area contributed by atoms with Gasteiger partial charge in [0.25, 0.3) is 0 Å². The SMILES string of the molecule is Cc1ccc(COc2ccc(COC(=O)[C@H](Cc3cn(C(=O)OCC4c5ccccc5-c5ccccc54)cn3)NC(=O)OCC3c4ccccc4-c4ccccc43)cc2)cc1. The molecule has 2 aliphatic rings. The summed E-state index contributed by atoms with van der Waals surface area (Å²) in [5.41, 5.74) is 12.1. The van der Waals surface area contributed by atoms with Crippen LogP contribution in [0, 0.1) is 6.92 Å². The second-order valence-electron chi connectivity index (χ2n) is 15.3. The van der Waals surface area contributed by atoms with E-state index in [0.29, 0.717) is 18.1 Å². The van der Waals surface area contributed by atoms with Crippen LogP contribution in [0.1, 0.15) is 56.5 Å². The summed E-state index contributed by atoms with van der Waals surface area (Å²) >= 11 is 0. The van der Waals surface area contributed by atoms with Gasteiger partial charge in [0.05, 0.1) is 5.69 Å². The van der Waals surface area contributed by atoms with Crippen LogP contribution in [-0.4, -0.2) is 47.0 Å². The van der Waals surface area contributed by atoms with Crippen LogP contribution >= 0.6 is 0 Å². The van der Waals surface area contributed by atoms with Gasteiger partial charge in [0, 0.05) is 24.5 Å². The van der Waals surface area contributed by atoms with Crippen LogP contribution in [-0.2, 0) is 38.6 Å². The van der Waals surface area contributed by atoms with Crippen LogP contribution in [0.25, 0.3) is 22.3 Å². The Morgan fingerprint density at radius 3 is 1.66 bits per heavy atom. The zero-order chi connectivity index (χ0) is 41.7. The van der Waals surface area contributed by atoms with E-state index in [9.17, 15) is 14.4 Å². The lowest BCUT2D eigenvalue weighted by Gasteiger charge is -2.19. The van der Waals surface area contributed by atoms with E-state index in [4.69, 9.17) is 18.9 Å². The number of ether oxygens (including phenoxy) is 4. The molecule has 0 fully saturated rings. The maximum absolute atomic E-state index is 13.7. The molecular formula is C51H43N3O7. The topological polar surface area (TPSA) is 118 Å². The average molecular weight is 810 g/mol. The van der Waals surface area contributed by atoms with Gasteiger partial charge in [-0.25, -0.2) is 23.9 Å². The Hall–Kier alpha value is -7.46. The number of fused-ring (bicyclic) bond motifs is 6. The van der Waals surface area contributed by atoms with Gasteiger partial charge >= 0.3 is 18.2 Å². The quantitative estimate of drug-likeness (QED) is 0.0904. The summed E-state index contributed by atoms with van der Waals surface area (Å²) in [7, 11) is 0. The lowest BCUT2D eigenvalue weighted by molar-refractivity contribution is -0.147. The Kier molecular flexibility index (Phi) is 11.1. The minimum atomic E-state index is -1.18. The van der Waals surface area contributed by atoms with E-state index in [2.05, 4.69) is 46.7 Å². The lowest BCUT2D eigenvalue weighted by atomic mass is 9.98. The summed E-state index contributed by atoms with van der Waals surface area (Å²) < 4.78 is 24.5. The Bertz CT molecular complexity index is 2620. The number of carbonyl (C=O) groups is 3. The Balaban J connectivity index is 0.858. The number of rotatable bonds is 13. The van der Waals surface area contributed by atoms with Crippen molar-refractivity contribution in [2.24, 2.45) is 0 Å². The highest BCUT2D eigenvalue weighted by atomic mass is 16.6. The molecule has 61 heavy (non-hydrogen) atoms. The van der Waals surface area contributed by atoms with Gasteiger partial charge in [0.2, 0.25) is 0 Å². The third kappa shape index (κ3) is 8.52. The summed E-state index contributed by atoms with van der Waals surface area (Å²) in [5, 5.41) is 2.72. The molecule has 0 saturated carbocycles. The molecule has 7 aromatic rings. The van der Waals surface area contributed by atoms with E-state index in [1.165, 1.54) is 22.7 Å². The summed E-state index contributed by atoms with van der Waals surface area (Å²) in [5.74, 6) is -0.288. The smallest absolute Gasteiger partial charge is 0.419 e. The molecule has 9 rings (SSSR count). The van der Waals surface area contributed by atoms with Gasteiger partial charge in [0.15, 0.2) is 0 Å². The van der Waals surface area contributed by atoms with Gasteiger partial charge < -0.3 is 24.3 Å². The highest BCUT2D eigenvalue weighted by Gasteiger charge is 2.32. The van der Waals surface area contributed by atoms with Crippen molar-refractivity contribution in [3.63, 3.8) is 0 Å². The number of carbonyl (C=O) groups excluding carboxylic acids is 3. The molecule has 2 aliphatic carbocycles. The molecule has 0 bridgehead atoms. The molecule has 1 aromatic heterocycles. The summed E-state index contributed by atoms with van der Waals surface area (Å²) in [4.78, 5) is 44.9. The van der Waals surface area contributed by atoms with E-state index >= 15 is 0 Å².